The van der Waals surface area contributed by atoms with Crippen molar-refractivity contribution >= 4 is 5.82 Å². The molecule has 0 N–H and O–H groups in total. The fourth-order valence-electron chi connectivity index (χ4n) is 2.86. The number of anilines is 1. The molecule has 0 radical (unpaired) electrons. The van der Waals surface area contributed by atoms with E-state index in [2.05, 4.69) is 44.7 Å². The number of rotatable bonds is 4. The molecular weight excluding hydrogens is 246 g/mol. The molecule has 0 unspecified atom stereocenters. The van der Waals surface area contributed by atoms with Gasteiger partial charge in [0.05, 0.1) is 5.56 Å². The molecule has 0 bridgehead atoms. The molecule has 0 saturated carbocycles. The van der Waals surface area contributed by atoms with Gasteiger partial charge in [-0.2, -0.15) is 5.26 Å². The maximum Gasteiger partial charge on any atom is 0.147 e. The summed E-state index contributed by atoms with van der Waals surface area (Å²) in [6.45, 7) is 9.70. The van der Waals surface area contributed by atoms with Crippen LogP contribution >= 0.6 is 0 Å². The molecule has 3 nitrogen and oxygen atoms in total. The second-order valence-corrected chi connectivity index (χ2v) is 6.42. The summed E-state index contributed by atoms with van der Waals surface area (Å²) in [6.07, 6.45) is 4.57. The van der Waals surface area contributed by atoms with Crippen molar-refractivity contribution in [1.82, 2.24) is 4.98 Å². The van der Waals surface area contributed by atoms with E-state index in [1.54, 1.807) is 0 Å². The van der Waals surface area contributed by atoms with Crippen LogP contribution in [0.4, 0.5) is 5.82 Å². The van der Waals surface area contributed by atoms with Gasteiger partial charge in [-0.15, -0.1) is 0 Å². The van der Waals surface area contributed by atoms with E-state index in [9.17, 15) is 5.26 Å². The molecule has 20 heavy (non-hydrogen) atoms. The second kappa shape index (κ2) is 6.26. The van der Waals surface area contributed by atoms with Gasteiger partial charge in [-0.3, -0.25) is 0 Å². The first kappa shape index (κ1) is 14.8. The van der Waals surface area contributed by atoms with E-state index in [-0.39, 0.29) is 0 Å². The monoisotopic (exact) mass is 271 g/mol. The van der Waals surface area contributed by atoms with Crippen LogP contribution in [0, 0.1) is 17.2 Å². The minimum Gasteiger partial charge on any atom is -0.353 e. The van der Waals surface area contributed by atoms with Crippen molar-refractivity contribution < 1.29 is 0 Å². The summed E-state index contributed by atoms with van der Waals surface area (Å²) in [5.74, 6) is 1.44. The van der Waals surface area contributed by atoms with Crippen LogP contribution in [0.15, 0.2) is 6.07 Å². The average Bonchev–Trinajstić information content (AvgIpc) is 2.42. The van der Waals surface area contributed by atoms with Crippen LogP contribution in [0.2, 0.25) is 0 Å². The number of hydrogen-bond acceptors (Lipinski definition) is 3. The van der Waals surface area contributed by atoms with E-state index in [1.807, 2.05) is 0 Å². The standard InChI is InChI=1S/C17H25N3/c1-12(2)11-20(13(3)4)17-15(10-18)9-14-7-5-6-8-16(14)19-17/h9,12-13H,5-8,11H2,1-4H3. The third-order valence-corrected chi connectivity index (χ3v) is 3.86. The summed E-state index contributed by atoms with van der Waals surface area (Å²) in [4.78, 5) is 7.14. The Hall–Kier alpha value is -1.56. The normalized spacial score (nSPS) is 14.2. The Balaban J connectivity index is 2.45. The van der Waals surface area contributed by atoms with Crippen LogP contribution in [0.25, 0.3) is 0 Å². The number of nitriles is 1. The molecule has 0 saturated heterocycles. The Morgan fingerprint density at radius 3 is 2.55 bits per heavy atom. The fourth-order valence-corrected chi connectivity index (χ4v) is 2.86. The molecule has 0 spiro atoms. The minimum atomic E-state index is 0.360. The quantitative estimate of drug-likeness (QED) is 0.838. The molecule has 3 heteroatoms. The molecule has 0 aromatic carbocycles. The summed E-state index contributed by atoms with van der Waals surface area (Å²) in [5.41, 5.74) is 3.23. The zero-order valence-corrected chi connectivity index (χ0v) is 13.1. The lowest BCUT2D eigenvalue weighted by atomic mass is 9.94. The highest BCUT2D eigenvalue weighted by atomic mass is 15.2. The summed E-state index contributed by atoms with van der Waals surface area (Å²) >= 11 is 0. The highest BCUT2D eigenvalue weighted by Gasteiger charge is 2.21. The maximum atomic E-state index is 9.47. The lowest BCUT2D eigenvalue weighted by Crippen LogP contribution is -2.35. The predicted molar refractivity (Wildman–Crippen MR) is 82.9 cm³/mol. The zero-order chi connectivity index (χ0) is 14.7. The van der Waals surface area contributed by atoms with Crippen molar-refractivity contribution in [1.29, 1.82) is 5.26 Å². The third kappa shape index (κ3) is 3.12. The second-order valence-electron chi connectivity index (χ2n) is 6.42. The summed E-state index contributed by atoms with van der Waals surface area (Å²) in [7, 11) is 0. The van der Waals surface area contributed by atoms with Gasteiger partial charge >= 0.3 is 0 Å². The SMILES string of the molecule is CC(C)CN(c1nc2c(cc1C#N)CCCC2)C(C)C. The number of aryl methyl sites for hydroxylation is 2. The van der Waals surface area contributed by atoms with Gasteiger partial charge in [0.2, 0.25) is 0 Å². The summed E-state index contributed by atoms with van der Waals surface area (Å²) in [6, 6.07) is 4.79. The molecular formula is C17H25N3. The van der Waals surface area contributed by atoms with Crippen molar-refractivity contribution in [3.63, 3.8) is 0 Å². The lowest BCUT2D eigenvalue weighted by molar-refractivity contribution is 0.562. The van der Waals surface area contributed by atoms with Crippen molar-refractivity contribution in [3.05, 3.63) is 22.9 Å². The Morgan fingerprint density at radius 2 is 1.95 bits per heavy atom. The van der Waals surface area contributed by atoms with E-state index in [4.69, 9.17) is 4.98 Å². The molecule has 1 aromatic rings. The Labute approximate surface area is 122 Å². The van der Waals surface area contributed by atoms with Crippen molar-refractivity contribution in [3.8, 4) is 6.07 Å². The van der Waals surface area contributed by atoms with Gasteiger partial charge in [-0.25, -0.2) is 4.98 Å². The first-order valence-electron chi connectivity index (χ1n) is 7.72. The van der Waals surface area contributed by atoms with Gasteiger partial charge < -0.3 is 4.90 Å². The number of nitrogens with zero attached hydrogens (tertiary/aromatic N) is 3. The van der Waals surface area contributed by atoms with Crippen LogP contribution in [0.3, 0.4) is 0 Å². The van der Waals surface area contributed by atoms with Crippen LogP contribution < -0.4 is 4.90 Å². The average molecular weight is 271 g/mol. The Morgan fingerprint density at radius 1 is 1.25 bits per heavy atom. The van der Waals surface area contributed by atoms with Crippen molar-refractivity contribution in [2.24, 2.45) is 5.92 Å². The topological polar surface area (TPSA) is 39.9 Å². The molecule has 0 fully saturated rings. The maximum absolute atomic E-state index is 9.47. The van der Waals surface area contributed by atoms with Gasteiger partial charge in [-0.1, -0.05) is 13.8 Å². The van der Waals surface area contributed by atoms with Gasteiger partial charge in [-0.05, 0) is 57.1 Å². The van der Waals surface area contributed by atoms with Crippen molar-refractivity contribution in [2.45, 2.75) is 59.4 Å². The smallest absolute Gasteiger partial charge is 0.147 e. The summed E-state index contributed by atoms with van der Waals surface area (Å²) < 4.78 is 0. The minimum absolute atomic E-state index is 0.360. The molecule has 0 aliphatic heterocycles. The molecule has 1 aromatic heterocycles. The molecule has 1 aliphatic rings. The van der Waals surface area contributed by atoms with Gasteiger partial charge in [0.25, 0.3) is 0 Å². The Kier molecular flexibility index (Phi) is 4.65. The molecule has 0 amide bonds. The Bertz CT molecular complexity index is 512. The number of aromatic nitrogens is 1. The molecule has 1 aliphatic carbocycles. The number of hydrogen-bond donors (Lipinski definition) is 0. The first-order valence-corrected chi connectivity index (χ1v) is 7.72. The largest absolute Gasteiger partial charge is 0.353 e. The third-order valence-electron chi connectivity index (χ3n) is 3.86. The van der Waals surface area contributed by atoms with E-state index < -0.39 is 0 Å². The molecule has 108 valence electrons. The van der Waals surface area contributed by atoms with Gasteiger partial charge in [0.15, 0.2) is 0 Å². The van der Waals surface area contributed by atoms with Crippen LogP contribution in [-0.2, 0) is 12.8 Å². The van der Waals surface area contributed by atoms with E-state index in [0.29, 0.717) is 12.0 Å². The highest BCUT2D eigenvalue weighted by Crippen LogP contribution is 2.28. The summed E-state index contributed by atoms with van der Waals surface area (Å²) in [5, 5.41) is 9.47. The van der Waals surface area contributed by atoms with Gasteiger partial charge in [0, 0.05) is 18.3 Å². The van der Waals surface area contributed by atoms with E-state index in [1.165, 1.54) is 24.1 Å². The fraction of sp³-hybridized carbons (Fsp3) is 0.647. The molecule has 0 atom stereocenters. The van der Waals surface area contributed by atoms with Crippen LogP contribution in [0.5, 0.6) is 0 Å². The van der Waals surface area contributed by atoms with Gasteiger partial charge in [0.1, 0.15) is 11.9 Å². The first-order chi connectivity index (χ1) is 9.52. The molecule has 1 heterocycles. The van der Waals surface area contributed by atoms with Crippen molar-refractivity contribution in [2.75, 3.05) is 11.4 Å². The number of pyridine rings is 1. The van der Waals surface area contributed by atoms with E-state index in [0.717, 1.165) is 30.8 Å². The van der Waals surface area contributed by atoms with Crippen LogP contribution in [0.1, 0.15) is 57.4 Å². The molecule has 2 rings (SSSR count). The number of fused-ring (bicyclic) bond motifs is 1. The van der Waals surface area contributed by atoms with E-state index >= 15 is 0 Å². The lowest BCUT2D eigenvalue weighted by Gasteiger charge is -2.31. The predicted octanol–water partition coefficient (Wildman–Crippen LogP) is 3.70. The highest BCUT2D eigenvalue weighted by molar-refractivity contribution is 5.57. The van der Waals surface area contributed by atoms with Crippen LogP contribution in [-0.4, -0.2) is 17.6 Å². The zero-order valence-electron chi connectivity index (χ0n) is 13.1.